The molecule has 1 aromatic rings. The maximum atomic E-state index is 11.1. The van der Waals surface area contributed by atoms with Gasteiger partial charge in [0.2, 0.25) is 6.41 Å². The van der Waals surface area contributed by atoms with E-state index in [4.69, 9.17) is 0 Å². The van der Waals surface area contributed by atoms with E-state index >= 15 is 0 Å². The van der Waals surface area contributed by atoms with Crippen LogP contribution in [0, 0.1) is 23.7 Å². The van der Waals surface area contributed by atoms with Gasteiger partial charge in [-0.05, 0) is 101 Å². The van der Waals surface area contributed by atoms with Crippen LogP contribution in [0.4, 0.5) is 0 Å². The average Bonchev–Trinajstić information content (AvgIpc) is 2.63. The van der Waals surface area contributed by atoms with Gasteiger partial charge >= 0.3 is 0 Å². The van der Waals surface area contributed by atoms with E-state index in [0.29, 0.717) is 12.0 Å². The van der Waals surface area contributed by atoms with Crippen LogP contribution in [0.5, 0.6) is 0 Å². The number of carbonyl (C=O) groups is 2. The summed E-state index contributed by atoms with van der Waals surface area (Å²) in [7, 11) is 0. The molecule has 5 heteroatoms. The summed E-state index contributed by atoms with van der Waals surface area (Å²) in [6, 6.07) is 8.08. The van der Waals surface area contributed by atoms with Crippen LogP contribution in [0.2, 0.25) is 0 Å². The number of fused-ring (bicyclic) bond motifs is 2. The molecule has 162 valence electrons. The Hall–Kier alpha value is -1.33. The lowest BCUT2D eigenvalue weighted by Crippen LogP contribution is -2.48. The van der Waals surface area contributed by atoms with E-state index in [1.807, 2.05) is 24.3 Å². The Bertz CT molecular complexity index is 664. The molecule has 2 N–H and O–H groups in total. The molecule has 1 amide bonds. The van der Waals surface area contributed by atoms with Crippen LogP contribution >= 0.6 is 11.9 Å². The number of rotatable bonds is 5. The van der Waals surface area contributed by atoms with E-state index in [2.05, 4.69) is 44.7 Å². The number of Topliss-reactive ketones (excluding diaryl/α,β-unsaturated/α-hetero) is 1. The Morgan fingerprint density at radius 1 is 1.07 bits per heavy atom. The van der Waals surface area contributed by atoms with Crippen molar-refractivity contribution in [3.63, 3.8) is 0 Å². The Morgan fingerprint density at radius 2 is 1.72 bits per heavy atom. The number of nitrogens with one attached hydrogen (secondary N) is 2. The van der Waals surface area contributed by atoms with E-state index < -0.39 is 0 Å². The molecule has 2 aliphatic carbocycles. The van der Waals surface area contributed by atoms with Crippen LogP contribution < -0.4 is 10.0 Å². The van der Waals surface area contributed by atoms with Crippen molar-refractivity contribution >= 4 is 24.1 Å². The fraction of sp³-hybridized carbons (Fsp3) is 0.667. The zero-order chi connectivity index (χ0) is 21.6. The van der Waals surface area contributed by atoms with E-state index in [9.17, 15) is 9.59 Å². The summed E-state index contributed by atoms with van der Waals surface area (Å²) >= 11 is 1.59. The quantitative estimate of drug-likeness (QED) is 0.378. The van der Waals surface area contributed by atoms with Crippen LogP contribution in [0.3, 0.4) is 0 Å². The fourth-order valence-corrected chi connectivity index (χ4v) is 5.47. The number of ketones is 1. The Morgan fingerprint density at radius 3 is 2.28 bits per heavy atom. The minimum atomic E-state index is 0.0872. The predicted molar refractivity (Wildman–Crippen MR) is 122 cm³/mol. The van der Waals surface area contributed by atoms with E-state index in [1.54, 1.807) is 18.9 Å². The molecule has 29 heavy (non-hydrogen) atoms. The first kappa shape index (κ1) is 23.9. The molecule has 0 saturated heterocycles. The van der Waals surface area contributed by atoms with Crippen LogP contribution in [-0.4, -0.2) is 23.8 Å². The monoisotopic (exact) mass is 418 g/mol. The van der Waals surface area contributed by atoms with Crippen molar-refractivity contribution in [2.24, 2.45) is 23.7 Å². The molecule has 0 aliphatic heterocycles. The summed E-state index contributed by atoms with van der Waals surface area (Å²) in [5.74, 6) is 3.33. The Balaban J connectivity index is 0.000000207. The van der Waals surface area contributed by atoms with Gasteiger partial charge in [0.15, 0.2) is 5.78 Å². The second-order valence-corrected chi connectivity index (χ2v) is 10.9. The number of carbonyl (C=O) groups excluding carboxylic acids is 2. The minimum Gasteiger partial charge on any atom is -0.355 e. The molecule has 2 aliphatic rings. The lowest BCUT2D eigenvalue weighted by molar-refractivity contribution is -0.111. The van der Waals surface area contributed by atoms with Gasteiger partial charge in [0.25, 0.3) is 0 Å². The van der Waals surface area contributed by atoms with Crippen molar-refractivity contribution in [3.8, 4) is 0 Å². The first-order valence-corrected chi connectivity index (χ1v) is 11.7. The van der Waals surface area contributed by atoms with E-state index in [-0.39, 0.29) is 11.3 Å². The highest BCUT2D eigenvalue weighted by molar-refractivity contribution is 7.97. The number of benzene rings is 1. The maximum absolute atomic E-state index is 11.1. The molecule has 0 spiro atoms. The molecule has 1 aromatic carbocycles. The van der Waals surface area contributed by atoms with Gasteiger partial charge < -0.3 is 5.32 Å². The van der Waals surface area contributed by atoms with Gasteiger partial charge in [0, 0.05) is 22.0 Å². The summed E-state index contributed by atoms with van der Waals surface area (Å²) < 4.78 is 3.32. The lowest BCUT2D eigenvalue weighted by atomic mass is 9.63. The van der Waals surface area contributed by atoms with Crippen LogP contribution in [0.25, 0.3) is 0 Å². The highest BCUT2D eigenvalue weighted by Crippen LogP contribution is 2.44. The smallest absolute Gasteiger partial charge is 0.207 e. The molecule has 4 nitrogen and oxygen atoms in total. The highest BCUT2D eigenvalue weighted by atomic mass is 32.2. The third-order valence-corrected chi connectivity index (χ3v) is 7.12. The molecule has 0 radical (unpaired) electrons. The third kappa shape index (κ3) is 7.78. The normalized spacial score (nSPS) is 28.7. The molecule has 2 fully saturated rings. The highest BCUT2D eigenvalue weighted by Gasteiger charge is 2.39. The van der Waals surface area contributed by atoms with Crippen LogP contribution in [0.15, 0.2) is 29.2 Å². The number of hydrogen-bond donors (Lipinski definition) is 2. The molecule has 2 bridgehead atoms. The average molecular weight is 419 g/mol. The largest absolute Gasteiger partial charge is 0.355 e. The van der Waals surface area contributed by atoms with Gasteiger partial charge in [0.05, 0.1) is 0 Å². The molecule has 3 rings (SSSR count). The first-order valence-electron chi connectivity index (χ1n) is 10.8. The van der Waals surface area contributed by atoms with Crippen molar-refractivity contribution in [1.82, 2.24) is 10.0 Å². The van der Waals surface area contributed by atoms with E-state index in [1.165, 1.54) is 25.7 Å². The molecule has 0 heterocycles. The first-order chi connectivity index (χ1) is 13.6. The molecule has 2 saturated carbocycles. The lowest BCUT2D eigenvalue weighted by Gasteiger charge is -2.46. The summed E-state index contributed by atoms with van der Waals surface area (Å²) in [6.07, 6.45) is 6.27. The van der Waals surface area contributed by atoms with Crippen molar-refractivity contribution in [3.05, 3.63) is 29.8 Å². The zero-order valence-corrected chi connectivity index (χ0v) is 19.6. The van der Waals surface area contributed by atoms with Gasteiger partial charge in [-0.1, -0.05) is 26.0 Å². The summed E-state index contributed by atoms with van der Waals surface area (Å²) in [5, 5.41) is 3.03. The van der Waals surface area contributed by atoms with Gasteiger partial charge in [-0.25, -0.2) is 0 Å². The molecule has 5 unspecified atom stereocenters. The van der Waals surface area contributed by atoms with Crippen LogP contribution in [0.1, 0.15) is 77.6 Å². The van der Waals surface area contributed by atoms with E-state index in [0.717, 1.165) is 34.6 Å². The minimum absolute atomic E-state index is 0.0872. The second-order valence-electron chi connectivity index (χ2n) is 10.00. The van der Waals surface area contributed by atoms with Crippen molar-refractivity contribution in [1.29, 1.82) is 0 Å². The van der Waals surface area contributed by atoms with Gasteiger partial charge in [-0.15, -0.1) is 0 Å². The summed E-state index contributed by atoms with van der Waals surface area (Å²) in [4.78, 5) is 22.7. The number of hydrogen-bond acceptors (Lipinski definition) is 4. The summed E-state index contributed by atoms with van der Waals surface area (Å²) in [6.45, 7) is 12.6. The van der Waals surface area contributed by atoms with Crippen molar-refractivity contribution in [2.75, 3.05) is 0 Å². The molecular formula is C24H38N2O2S. The zero-order valence-electron chi connectivity index (χ0n) is 18.8. The SMILES string of the molecule is CC(=O)c1ccc(SNC(C)(C)C)cc1.CC1CC2CC(C)C(NC=O)C(C1)C2. The second kappa shape index (κ2) is 10.6. The predicted octanol–water partition coefficient (Wildman–Crippen LogP) is 5.48. The molecule has 0 aromatic heterocycles. The third-order valence-electron chi connectivity index (χ3n) is 5.90. The van der Waals surface area contributed by atoms with Gasteiger partial charge in [0.1, 0.15) is 0 Å². The molecular weight excluding hydrogens is 380 g/mol. The standard InChI is InChI=1S/C12H17NOS.C12H21NO/c1-9(14)10-5-7-11(8-6-10)15-13-12(2,3)4;1-8-3-10-5-9(2)12(13-7-14)11(4-8)6-10/h5-8,13H,1-4H3;7-12H,3-6H2,1-2H3,(H,13,14). The van der Waals surface area contributed by atoms with Gasteiger partial charge in [-0.2, -0.15) is 0 Å². The topological polar surface area (TPSA) is 58.2 Å². The Labute approximate surface area is 181 Å². The maximum Gasteiger partial charge on any atom is 0.207 e. The van der Waals surface area contributed by atoms with Gasteiger partial charge in [-0.3, -0.25) is 14.3 Å². The Kier molecular flexibility index (Phi) is 8.77. The van der Waals surface area contributed by atoms with Crippen LogP contribution in [-0.2, 0) is 4.79 Å². The van der Waals surface area contributed by atoms with Crippen molar-refractivity contribution < 1.29 is 9.59 Å². The summed E-state index contributed by atoms with van der Waals surface area (Å²) in [5.41, 5.74) is 0.847. The number of amides is 1. The van der Waals surface area contributed by atoms with Crippen molar-refractivity contribution in [2.45, 2.75) is 83.7 Å². The molecule has 5 atom stereocenters. The fourth-order valence-electron chi connectivity index (χ4n) is 4.77.